The molecule has 1 N–H and O–H groups in total. The number of aromatic nitrogens is 2. The van der Waals surface area contributed by atoms with Gasteiger partial charge in [0.1, 0.15) is 5.82 Å². The van der Waals surface area contributed by atoms with Crippen LogP contribution in [0.5, 0.6) is 0 Å². The number of carbonyl (C=O) groups excluding carboxylic acids is 2. The van der Waals surface area contributed by atoms with E-state index in [9.17, 15) is 9.59 Å². The zero-order valence-corrected chi connectivity index (χ0v) is 15.5. The van der Waals surface area contributed by atoms with Crippen LogP contribution in [0.4, 0.5) is 5.82 Å². The minimum absolute atomic E-state index is 0.0347. The van der Waals surface area contributed by atoms with Crippen molar-refractivity contribution in [3.8, 4) is 0 Å². The molecule has 0 radical (unpaired) electrons. The minimum Gasteiger partial charge on any atom is -0.339 e. The highest BCUT2D eigenvalue weighted by atomic mass is 79.9. The van der Waals surface area contributed by atoms with Gasteiger partial charge in [0.25, 0.3) is 5.91 Å². The summed E-state index contributed by atoms with van der Waals surface area (Å²) in [4.78, 5) is 34.9. The summed E-state index contributed by atoms with van der Waals surface area (Å²) >= 11 is 3.33. The fourth-order valence-electron chi connectivity index (χ4n) is 2.83. The summed E-state index contributed by atoms with van der Waals surface area (Å²) in [5.41, 5.74) is 1.60. The molecule has 2 amide bonds. The second-order valence-corrected chi connectivity index (χ2v) is 7.08. The number of piperidine rings is 1. The largest absolute Gasteiger partial charge is 0.339 e. The molecule has 3 rings (SSSR count). The molecule has 130 valence electrons. The van der Waals surface area contributed by atoms with Crippen molar-refractivity contribution in [2.45, 2.75) is 19.8 Å². The number of rotatable bonds is 3. The van der Waals surface area contributed by atoms with Crippen molar-refractivity contribution >= 4 is 33.6 Å². The van der Waals surface area contributed by atoms with Crippen molar-refractivity contribution in [2.75, 3.05) is 18.4 Å². The molecule has 3 heterocycles. The van der Waals surface area contributed by atoms with Gasteiger partial charge in [0.15, 0.2) is 0 Å². The third kappa shape index (κ3) is 4.42. The molecule has 0 bridgehead atoms. The third-order valence-electron chi connectivity index (χ3n) is 4.27. The van der Waals surface area contributed by atoms with Crippen LogP contribution in [0, 0.1) is 12.8 Å². The second kappa shape index (κ2) is 7.74. The topological polar surface area (TPSA) is 75.2 Å². The van der Waals surface area contributed by atoms with Crippen molar-refractivity contribution in [1.82, 2.24) is 14.9 Å². The molecule has 0 aromatic carbocycles. The number of aryl methyl sites for hydroxylation is 1. The van der Waals surface area contributed by atoms with Crippen LogP contribution >= 0.6 is 15.9 Å². The second-order valence-electron chi connectivity index (χ2n) is 6.17. The predicted molar refractivity (Wildman–Crippen MR) is 98.2 cm³/mol. The molecule has 2 aromatic rings. The van der Waals surface area contributed by atoms with Gasteiger partial charge < -0.3 is 10.2 Å². The van der Waals surface area contributed by atoms with Gasteiger partial charge in [-0.25, -0.2) is 4.98 Å². The molecule has 0 saturated carbocycles. The van der Waals surface area contributed by atoms with Crippen LogP contribution in [0.1, 0.15) is 28.8 Å². The van der Waals surface area contributed by atoms with Gasteiger partial charge in [-0.1, -0.05) is 6.07 Å². The van der Waals surface area contributed by atoms with Gasteiger partial charge >= 0.3 is 0 Å². The standard InChI is InChI=1S/C18H19BrN4O2/c1-12-2-3-16(21-9-12)22-17(24)13-4-6-23(7-5-13)18(25)14-8-15(19)11-20-10-14/h2-3,8-11,13H,4-7H2,1H3,(H,21,22,24). The van der Waals surface area contributed by atoms with E-state index >= 15 is 0 Å². The molecule has 0 unspecified atom stereocenters. The number of nitrogens with one attached hydrogen (secondary N) is 1. The van der Waals surface area contributed by atoms with Crippen molar-refractivity contribution in [2.24, 2.45) is 5.92 Å². The number of halogens is 1. The Morgan fingerprint density at radius 2 is 1.96 bits per heavy atom. The number of nitrogens with zero attached hydrogens (tertiary/aromatic N) is 3. The number of amides is 2. The molecule has 25 heavy (non-hydrogen) atoms. The molecule has 1 fully saturated rings. The van der Waals surface area contributed by atoms with Crippen LogP contribution in [0.25, 0.3) is 0 Å². The summed E-state index contributed by atoms with van der Waals surface area (Å²) in [7, 11) is 0. The SMILES string of the molecule is Cc1ccc(NC(=O)C2CCN(C(=O)c3cncc(Br)c3)CC2)nc1. The Balaban J connectivity index is 1.55. The Morgan fingerprint density at radius 1 is 1.20 bits per heavy atom. The van der Waals surface area contributed by atoms with Crippen LogP contribution in [0.15, 0.2) is 41.3 Å². The quantitative estimate of drug-likeness (QED) is 0.855. The van der Waals surface area contributed by atoms with Crippen molar-refractivity contribution in [3.63, 3.8) is 0 Å². The number of likely N-dealkylation sites (tertiary alicyclic amines) is 1. The maximum atomic E-state index is 12.5. The molecule has 0 spiro atoms. The molecule has 7 heteroatoms. The third-order valence-corrected chi connectivity index (χ3v) is 4.70. The molecule has 2 aromatic heterocycles. The van der Waals surface area contributed by atoms with E-state index in [1.54, 1.807) is 35.6 Å². The average Bonchev–Trinajstić information content (AvgIpc) is 2.63. The van der Waals surface area contributed by atoms with Crippen LogP contribution in [-0.4, -0.2) is 39.8 Å². The maximum absolute atomic E-state index is 12.5. The van der Waals surface area contributed by atoms with E-state index in [2.05, 4.69) is 31.2 Å². The van der Waals surface area contributed by atoms with Gasteiger partial charge in [-0.15, -0.1) is 0 Å². The highest BCUT2D eigenvalue weighted by molar-refractivity contribution is 9.10. The van der Waals surface area contributed by atoms with Gasteiger partial charge in [-0.3, -0.25) is 14.6 Å². The Hall–Kier alpha value is -2.28. The highest BCUT2D eigenvalue weighted by Crippen LogP contribution is 2.21. The lowest BCUT2D eigenvalue weighted by molar-refractivity contribution is -0.121. The number of pyridine rings is 2. The van der Waals surface area contributed by atoms with Crippen LogP contribution in [0.2, 0.25) is 0 Å². The van der Waals surface area contributed by atoms with Crippen LogP contribution in [-0.2, 0) is 4.79 Å². The smallest absolute Gasteiger partial charge is 0.255 e. The van der Waals surface area contributed by atoms with Crippen LogP contribution < -0.4 is 5.32 Å². The number of hydrogen-bond acceptors (Lipinski definition) is 4. The van der Waals surface area contributed by atoms with Gasteiger partial charge in [-0.2, -0.15) is 0 Å². The lowest BCUT2D eigenvalue weighted by Gasteiger charge is -2.31. The normalized spacial score (nSPS) is 15.0. The first-order valence-corrected chi connectivity index (χ1v) is 8.95. The minimum atomic E-state index is -0.104. The van der Waals surface area contributed by atoms with Gasteiger partial charge in [-0.05, 0) is 53.4 Å². The summed E-state index contributed by atoms with van der Waals surface area (Å²) in [6.45, 7) is 3.07. The monoisotopic (exact) mass is 402 g/mol. The molecule has 1 aliphatic heterocycles. The first-order valence-electron chi connectivity index (χ1n) is 8.16. The van der Waals surface area contributed by atoms with E-state index in [0.29, 0.717) is 37.3 Å². The first-order chi connectivity index (χ1) is 12.0. The Kier molecular flexibility index (Phi) is 5.43. The Bertz CT molecular complexity index is 771. The lowest BCUT2D eigenvalue weighted by Crippen LogP contribution is -2.41. The number of hydrogen-bond donors (Lipinski definition) is 1. The Labute approximate surface area is 154 Å². The van der Waals surface area contributed by atoms with Crippen molar-refractivity contribution in [1.29, 1.82) is 0 Å². The van der Waals surface area contributed by atoms with Gasteiger partial charge in [0.2, 0.25) is 5.91 Å². The van der Waals surface area contributed by atoms with Gasteiger partial charge in [0.05, 0.1) is 5.56 Å². The summed E-state index contributed by atoms with van der Waals surface area (Å²) in [6, 6.07) is 5.47. The molecule has 1 aliphatic rings. The summed E-state index contributed by atoms with van der Waals surface area (Å²) in [5, 5.41) is 2.85. The lowest BCUT2D eigenvalue weighted by atomic mass is 9.95. The van der Waals surface area contributed by atoms with Gasteiger partial charge in [0, 0.05) is 42.1 Å². The van der Waals surface area contributed by atoms with Crippen molar-refractivity contribution < 1.29 is 9.59 Å². The van der Waals surface area contributed by atoms with Crippen molar-refractivity contribution in [3.05, 3.63) is 52.4 Å². The van der Waals surface area contributed by atoms with E-state index in [1.807, 2.05) is 13.0 Å². The zero-order chi connectivity index (χ0) is 17.8. The van der Waals surface area contributed by atoms with E-state index in [0.717, 1.165) is 10.0 Å². The van der Waals surface area contributed by atoms with E-state index in [1.165, 1.54) is 0 Å². The van der Waals surface area contributed by atoms with E-state index in [4.69, 9.17) is 0 Å². The molecule has 0 atom stereocenters. The number of anilines is 1. The molecular weight excluding hydrogens is 384 g/mol. The summed E-state index contributed by atoms with van der Waals surface area (Å²) in [6.07, 6.45) is 6.22. The Morgan fingerprint density at radius 3 is 2.60 bits per heavy atom. The fourth-order valence-corrected chi connectivity index (χ4v) is 3.19. The average molecular weight is 403 g/mol. The summed E-state index contributed by atoms with van der Waals surface area (Å²) in [5.74, 6) is 0.377. The first kappa shape index (κ1) is 17.5. The maximum Gasteiger partial charge on any atom is 0.255 e. The summed E-state index contributed by atoms with van der Waals surface area (Å²) < 4.78 is 0.776. The molecule has 6 nitrogen and oxygen atoms in total. The zero-order valence-electron chi connectivity index (χ0n) is 13.9. The number of carbonyl (C=O) groups is 2. The molecule has 0 aliphatic carbocycles. The molecular formula is C18H19BrN4O2. The predicted octanol–water partition coefficient (Wildman–Crippen LogP) is 3.04. The highest BCUT2D eigenvalue weighted by Gasteiger charge is 2.28. The van der Waals surface area contributed by atoms with Crippen LogP contribution in [0.3, 0.4) is 0 Å². The fraction of sp³-hybridized carbons (Fsp3) is 0.333. The van der Waals surface area contributed by atoms with E-state index in [-0.39, 0.29) is 17.7 Å². The molecule has 1 saturated heterocycles. The van der Waals surface area contributed by atoms with E-state index < -0.39 is 0 Å².